The highest BCUT2D eigenvalue weighted by atomic mass is 16.5. The topological polar surface area (TPSA) is 64.2 Å². The van der Waals surface area contributed by atoms with Crippen molar-refractivity contribution in [2.24, 2.45) is 0 Å². The fraction of sp³-hybridized carbons (Fsp3) is 0.500. The summed E-state index contributed by atoms with van der Waals surface area (Å²) < 4.78 is 13.0. The second-order valence-electron chi connectivity index (χ2n) is 6.47. The summed E-state index contributed by atoms with van der Waals surface area (Å²) in [5, 5.41) is 9.56. The summed E-state index contributed by atoms with van der Waals surface area (Å²) in [6.07, 6.45) is 6.01. The highest BCUT2D eigenvalue weighted by Crippen LogP contribution is 2.37. The van der Waals surface area contributed by atoms with E-state index in [-0.39, 0.29) is 12.6 Å². The molecule has 0 aliphatic heterocycles. The lowest BCUT2D eigenvalue weighted by Crippen LogP contribution is -2.15. The molecule has 5 nitrogen and oxygen atoms in total. The molecule has 0 amide bonds. The first-order valence-electron chi connectivity index (χ1n) is 8.98. The minimum atomic E-state index is -0.294. The van der Waals surface area contributed by atoms with E-state index in [2.05, 4.69) is 4.57 Å². The van der Waals surface area contributed by atoms with Crippen LogP contribution in [-0.2, 0) is 4.74 Å². The molecule has 25 heavy (non-hydrogen) atoms. The van der Waals surface area contributed by atoms with Gasteiger partial charge >= 0.3 is 5.97 Å². The van der Waals surface area contributed by atoms with Gasteiger partial charge in [0.05, 0.1) is 12.2 Å². The number of fused-ring (bicyclic) bond motifs is 1. The Balaban J connectivity index is 2.13. The van der Waals surface area contributed by atoms with Gasteiger partial charge in [-0.2, -0.15) is 5.26 Å². The minimum Gasteiger partial charge on any atom is -0.479 e. The number of carbonyl (C=O) groups is 1. The lowest BCUT2D eigenvalue weighted by Gasteiger charge is -2.26. The number of aromatic nitrogens is 1. The summed E-state index contributed by atoms with van der Waals surface area (Å²) in [5.74, 6) is 0.303. The van der Waals surface area contributed by atoms with Gasteiger partial charge in [-0.05, 0) is 44.9 Å². The Hall–Kier alpha value is -2.48. The van der Waals surface area contributed by atoms with E-state index in [0.717, 1.165) is 29.4 Å². The molecule has 2 aromatic rings. The summed E-state index contributed by atoms with van der Waals surface area (Å²) in [6, 6.07) is 8.11. The predicted molar refractivity (Wildman–Crippen MR) is 95.9 cm³/mol. The third kappa shape index (κ3) is 3.34. The Labute approximate surface area is 148 Å². The molecule has 0 saturated heterocycles. The van der Waals surface area contributed by atoms with Crippen molar-refractivity contribution >= 4 is 16.9 Å². The van der Waals surface area contributed by atoms with Gasteiger partial charge in [0.2, 0.25) is 0 Å². The van der Waals surface area contributed by atoms with Crippen LogP contribution in [0, 0.1) is 18.3 Å². The number of rotatable bonds is 5. The number of esters is 1. The molecule has 1 aromatic carbocycles. The number of carbonyl (C=O) groups excluding carboxylic acids is 1. The van der Waals surface area contributed by atoms with Gasteiger partial charge in [-0.1, -0.05) is 19.3 Å². The number of hydrogen-bond donors (Lipinski definition) is 0. The highest BCUT2D eigenvalue weighted by Gasteiger charge is 2.26. The molecule has 0 unspecified atom stereocenters. The maximum atomic E-state index is 12.6. The standard InChI is InChI=1S/C20H24N2O3/c1-3-24-20(23)19-14(2)22(15-7-5-4-6-8-15)18-10-9-16(13-17(18)19)25-12-11-21/h9-10,13,15H,3-8,12H2,1-2H3. The Bertz CT molecular complexity index is 810. The van der Waals surface area contributed by atoms with Gasteiger partial charge in [-0.3, -0.25) is 0 Å². The fourth-order valence-electron chi connectivity index (χ4n) is 3.90. The summed E-state index contributed by atoms with van der Waals surface area (Å²) in [5.41, 5.74) is 2.61. The number of nitriles is 1. The largest absolute Gasteiger partial charge is 0.479 e. The molecule has 1 saturated carbocycles. The Morgan fingerprint density at radius 3 is 2.76 bits per heavy atom. The molecule has 1 aliphatic carbocycles. The molecular formula is C20H24N2O3. The van der Waals surface area contributed by atoms with Crippen LogP contribution in [0.3, 0.4) is 0 Å². The maximum Gasteiger partial charge on any atom is 0.340 e. The van der Waals surface area contributed by atoms with E-state index in [0.29, 0.717) is 24.0 Å². The molecule has 0 spiro atoms. The summed E-state index contributed by atoms with van der Waals surface area (Å²) >= 11 is 0. The van der Waals surface area contributed by atoms with Crippen molar-refractivity contribution in [1.82, 2.24) is 4.57 Å². The highest BCUT2D eigenvalue weighted by molar-refractivity contribution is 6.06. The van der Waals surface area contributed by atoms with Crippen molar-refractivity contribution in [3.8, 4) is 11.8 Å². The molecule has 5 heteroatoms. The normalized spacial score (nSPS) is 15.1. The SMILES string of the molecule is CCOC(=O)c1c(C)n(C2CCCCC2)c2ccc(OCC#N)cc12. The first-order valence-corrected chi connectivity index (χ1v) is 8.98. The van der Waals surface area contributed by atoms with Crippen LogP contribution >= 0.6 is 0 Å². The van der Waals surface area contributed by atoms with E-state index in [1.165, 1.54) is 19.3 Å². The van der Waals surface area contributed by atoms with Gasteiger partial charge in [-0.15, -0.1) is 0 Å². The molecule has 1 aliphatic rings. The van der Waals surface area contributed by atoms with Gasteiger partial charge in [0.25, 0.3) is 0 Å². The molecule has 3 rings (SSSR count). The van der Waals surface area contributed by atoms with Crippen molar-refractivity contribution in [2.75, 3.05) is 13.2 Å². The van der Waals surface area contributed by atoms with Crippen molar-refractivity contribution in [1.29, 1.82) is 5.26 Å². The first kappa shape index (κ1) is 17.3. The average Bonchev–Trinajstić information content (AvgIpc) is 2.92. The Morgan fingerprint density at radius 2 is 2.08 bits per heavy atom. The monoisotopic (exact) mass is 340 g/mol. The van der Waals surface area contributed by atoms with E-state index in [4.69, 9.17) is 14.7 Å². The van der Waals surface area contributed by atoms with E-state index < -0.39 is 0 Å². The van der Waals surface area contributed by atoms with Gasteiger partial charge < -0.3 is 14.0 Å². The summed E-state index contributed by atoms with van der Waals surface area (Å²) in [6.45, 7) is 4.15. The zero-order valence-electron chi connectivity index (χ0n) is 14.9. The molecule has 0 atom stereocenters. The van der Waals surface area contributed by atoms with Crippen LogP contribution in [0.1, 0.15) is 61.1 Å². The van der Waals surface area contributed by atoms with Crippen molar-refractivity contribution in [3.05, 3.63) is 29.5 Å². The van der Waals surface area contributed by atoms with Crippen molar-refractivity contribution < 1.29 is 14.3 Å². The van der Waals surface area contributed by atoms with Gasteiger partial charge in [-0.25, -0.2) is 4.79 Å². The van der Waals surface area contributed by atoms with Crippen LogP contribution in [0.5, 0.6) is 5.75 Å². The number of hydrogen-bond acceptors (Lipinski definition) is 4. The first-order chi connectivity index (χ1) is 12.2. The van der Waals surface area contributed by atoms with Gasteiger partial charge in [0.1, 0.15) is 11.8 Å². The van der Waals surface area contributed by atoms with Gasteiger partial charge in [0.15, 0.2) is 6.61 Å². The molecule has 0 N–H and O–H groups in total. The van der Waals surface area contributed by atoms with Crippen LogP contribution in [-0.4, -0.2) is 23.8 Å². The Kier molecular flexibility index (Phi) is 5.28. The quantitative estimate of drug-likeness (QED) is 0.750. The van der Waals surface area contributed by atoms with Crippen LogP contribution in [0.15, 0.2) is 18.2 Å². The van der Waals surface area contributed by atoms with Crippen LogP contribution in [0.25, 0.3) is 10.9 Å². The maximum absolute atomic E-state index is 12.6. The Morgan fingerprint density at radius 1 is 1.32 bits per heavy atom. The third-order valence-electron chi connectivity index (χ3n) is 4.94. The van der Waals surface area contributed by atoms with Crippen LogP contribution < -0.4 is 4.74 Å². The molecule has 0 radical (unpaired) electrons. The van der Waals surface area contributed by atoms with Crippen molar-refractivity contribution in [3.63, 3.8) is 0 Å². The molecule has 0 bridgehead atoms. The molecular weight excluding hydrogens is 316 g/mol. The predicted octanol–water partition coefficient (Wildman–Crippen LogP) is 4.53. The summed E-state index contributed by atoms with van der Waals surface area (Å²) in [4.78, 5) is 12.6. The molecule has 1 fully saturated rings. The lowest BCUT2D eigenvalue weighted by molar-refractivity contribution is 0.0527. The van der Waals surface area contributed by atoms with Crippen molar-refractivity contribution in [2.45, 2.75) is 52.0 Å². The van der Waals surface area contributed by atoms with E-state index in [9.17, 15) is 4.79 Å². The second kappa shape index (κ2) is 7.60. The second-order valence-corrected chi connectivity index (χ2v) is 6.47. The number of ether oxygens (including phenoxy) is 2. The molecule has 1 aromatic heterocycles. The van der Waals surface area contributed by atoms with E-state index in [1.54, 1.807) is 0 Å². The molecule has 132 valence electrons. The zero-order valence-corrected chi connectivity index (χ0v) is 14.9. The lowest BCUT2D eigenvalue weighted by atomic mass is 9.95. The minimum absolute atomic E-state index is 0.0113. The average molecular weight is 340 g/mol. The van der Waals surface area contributed by atoms with E-state index >= 15 is 0 Å². The summed E-state index contributed by atoms with van der Waals surface area (Å²) in [7, 11) is 0. The number of nitrogens with zero attached hydrogens (tertiary/aromatic N) is 2. The smallest absolute Gasteiger partial charge is 0.340 e. The number of benzene rings is 1. The van der Waals surface area contributed by atoms with E-state index in [1.807, 2.05) is 38.1 Å². The molecule has 1 heterocycles. The van der Waals surface area contributed by atoms with Crippen LogP contribution in [0.2, 0.25) is 0 Å². The van der Waals surface area contributed by atoms with Crippen LogP contribution in [0.4, 0.5) is 0 Å². The third-order valence-corrected chi connectivity index (χ3v) is 4.94. The fourth-order valence-corrected chi connectivity index (χ4v) is 3.90. The van der Waals surface area contributed by atoms with Gasteiger partial charge in [0, 0.05) is 22.6 Å². The zero-order chi connectivity index (χ0) is 17.8.